The Balaban J connectivity index is 1.35. The lowest BCUT2D eigenvalue weighted by molar-refractivity contribution is 0.133. The van der Waals surface area contributed by atoms with Crippen molar-refractivity contribution in [3.8, 4) is 17.2 Å². The Morgan fingerprint density at radius 1 is 0.931 bits per heavy atom. The molecule has 0 unspecified atom stereocenters. The zero-order valence-electron chi connectivity index (χ0n) is 17.1. The minimum Gasteiger partial charge on any atom is -0.497 e. The molecule has 3 rings (SSSR count). The van der Waals surface area contributed by atoms with E-state index >= 15 is 0 Å². The van der Waals surface area contributed by atoms with Crippen molar-refractivity contribution in [3.63, 3.8) is 0 Å². The van der Waals surface area contributed by atoms with Gasteiger partial charge in [0.05, 0.1) is 20.8 Å². The smallest absolute Gasteiger partial charge is 0.317 e. The Kier molecular flexibility index (Phi) is 7.58. The van der Waals surface area contributed by atoms with Crippen molar-refractivity contribution in [1.82, 2.24) is 15.1 Å². The van der Waals surface area contributed by atoms with Crippen molar-refractivity contribution < 1.29 is 19.0 Å². The molecule has 2 aromatic rings. The van der Waals surface area contributed by atoms with Crippen LogP contribution in [0.3, 0.4) is 0 Å². The SMILES string of the molecule is COc1ccc(OCCNC(=O)N2CCN(Cc3ccccc3OC)CC2)cc1. The first-order valence-corrected chi connectivity index (χ1v) is 9.83. The van der Waals surface area contributed by atoms with Gasteiger partial charge in [-0.15, -0.1) is 0 Å². The summed E-state index contributed by atoms with van der Waals surface area (Å²) in [6.07, 6.45) is 0. The highest BCUT2D eigenvalue weighted by atomic mass is 16.5. The number of hydrogen-bond acceptors (Lipinski definition) is 5. The Bertz CT molecular complexity index is 774. The number of piperazine rings is 1. The first kappa shape index (κ1) is 20.8. The lowest BCUT2D eigenvalue weighted by atomic mass is 10.1. The maximum Gasteiger partial charge on any atom is 0.317 e. The molecule has 2 aromatic carbocycles. The molecule has 1 aliphatic heterocycles. The van der Waals surface area contributed by atoms with E-state index in [0.29, 0.717) is 26.2 Å². The van der Waals surface area contributed by atoms with Crippen LogP contribution in [0, 0.1) is 0 Å². The summed E-state index contributed by atoms with van der Waals surface area (Å²) in [4.78, 5) is 16.6. The number of nitrogens with zero attached hydrogens (tertiary/aromatic N) is 2. The highest BCUT2D eigenvalue weighted by Gasteiger charge is 2.21. The topological polar surface area (TPSA) is 63.3 Å². The van der Waals surface area contributed by atoms with Gasteiger partial charge in [-0.25, -0.2) is 4.79 Å². The molecular formula is C22H29N3O4. The van der Waals surface area contributed by atoms with Crippen LogP contribution in [0.15, 0.2) is 48.5 Å². The number of carbonyl (C=O) groups is 1. The van der Waals surface area contributed by atoms with E-state index in [-0.39, 0.29) is 6.03 Å². The fourth-order valence-corrected chi connectivity index (χ4v) is 3.29. The van der Waals surface area contributed by atoms with Crippen LogP contribution in [0.1, 0.15) is 5.56 Å². The maximum atomic E-state index is 12.4. The van der Waals surface area contributed by atoms with E-state index in [2.05, 4.69) is 16.3 Å². The third-order valence-corrected chi connectivity index (χ3v) is 4.95. The average Bonchev–Trinajstić information content (AvgIpc) is 2.78. The fourth-order valence-electron chi connectivity index (χ4n) is 3.29. The maximum absolute atomic E-state index is 12.4. The number of hydrogen-bond donors (Lipinski definition) is 1. The summed E-state index contributed by atoms with van der Waals surface area (Å²) in [5.74, 6) is 2.45. The number of amides is 2. The van der Waals surface area contributed by atoms with E-state index in [9.17, 15) is 4.79 Å². The van der Waals surface area contributed by atoms with Gasteiger partial charge < -0.3 is 24.4 Å². The van der Waals surface area contributed by atoms with Gasteiger partial charge in [0.1, 0.15) is 23.9 Å². The van der Waals surface area contributed by atoms with Crippen LogP contribution in [0.2, 0.25) is 0 Å². The summed E-state index contributed by atoms with van der Waals surface area (Å²) in [6.45, 7) is 4.82. The van der Waals surface area contributed by atoms with Crippen molar-refractivity contribution in [2.45, 2.75) is 6.54 Å². The zero-order valence-corrected chi connectivity index (χ0v) is 17.1. The fraction of sp³-hybridized carbons (Fsp3) is 0.409. The van der Waals surface area contributed by atoms with E-state index in [0.717, 1.165) is 36.9 Å². The Hall–Kier alpha value is -2.93. The molecular weight excluding hydrogens is 370 g/mol. The number of methoxy groups -OCH3 is 2. The first-order chi connectivity index (χ1) is 14.2. The van der Waals surface area contributed by atoms with Crippen LogP contribution in [-0.2, 0) is 6.54 Å². The normalized spacial score (nSPS) is 14.3. The molecule has 156 valence electrons. The van der Waals surface area contributed by atoms with Crippen LogP contribution in [0.5, 0.6) is 17.2 Å². The number of carbonyl (C=O) groups excluding carboxylic acids is 1. The Morgan fingerprint density at radius 2 is 1.62 bits per heavy atom. The molecule has 1 aliphatic rings. The molecule has 0 aliphatic carbocycles. The van der Waals surface area contributed by atoms with Gasteiger partial charge in [0, 0.05) is 38.3 Å². The number of urea groups is 1. The number of benzene rings is 2. The second-order valence-electron chi connectivity index (χ2n) is 6.83. The summed E-state index contributed by atoms with van der Waals surface area (Å²) in [6, 6.07) is 15.4. The highest BCUT2D eigenvalue weighted by Crippen LogP contribution is 2.20. The minimum absolute atomic E-state index is 0.0414. The molecule has 0 bridgehead atoms. The molecule has 0 atom stereocenters. The van der Waals surface area contributed by atoms with Crippen LogP contribution in [0.4, 0.5) is 4.79 Å². The monoisotopic (exact) mass is 399 g/mol. The van der Waals surface area contributed by atoms with Gasteiger partial charge in [-0.05, 0) is 30.3 Å². The van der Waals surface area contributed by atoms with Crippen molar-refractivity contribution in [1.29, 1.82) is 0 Å². The van der Waals surface area contributed by atoms with Crippen molar-refractivity contribution in [3.05, 3.63) is 54.1 Å². The van der Waals surface area contributed by atoms with Gasteiger partial charge >= 0.3 is 6.03 Å². The second-order valence-corrected chi connectivity index (χ2v) is 6.83. The van der Waals surface area contributed by atoms with Gasteiger partial charge in [-0.3, -0.25) is 4.90 Å². The number of para-hydroxylation sites is 1. The van der Waals surface area contributed by atoms with E-state index in [4.69, 9.17) is 14.2 Å². The zero-order chi connectivity index (χ0) is 20.5. The molecule has 0 radical (unpaired) electrons. The first-order valence-electron chi connectivity index (χ1n) is 9.83. The quantitative estimate of drug-likeness (QED) is 0.692. The molecule has 0 saturated carbocycles. The van der Waals surface area contributed by atoms with Crippen LogP contribution < -0.4 is 19.5 Å². The molecule has 1 fully saturated rings. The predicted molar refractivity (Wildman–Crippen MR) is 112 cm³/mol. The van der Waals surface area contributed by atoms with E-state index in [1.54, 1.807) is 14.2 Å². The lowest BCUT2D eigenvalue weighted by Gasteiger charge is -2.34. The van der Waals surface area contributed by atoms with Crippen LogP contribution in [0.25, 0.3) is 0 Å². The predicted octanol–water partition coefficient (Wildman–Crippen LogP) is 2.61. The van der Waals surface area contributed by atoms with Gasteiger partial charge in [0.25, 0.3) is 0 Å². The Morgan fingerprint density at radius 3 is 2.31 bits per heavy atom. The standard InChI is InChI=1S/C22H29N3O4/c1-27-19-7-9-20(10-8-19)29-16-11-23-22(26)25-14-12-24(13-15-25)17-18-5-3-4-6-21(18)28-2/h3-10H,11-17H2,1-2H3,(H,23,26). The van der Waals surface area contributed by atoms with Gasteiger partial charge in [0.2, 0.25) is 0 Å². The van der Waals surface area contributed by atoms with E-state index in [1.807, 2.05) is 47.4 Å². The number of ether oxygens (including phenoxy) is 3. The van der Waals surface area contributed by atoms with Crippen molar-refractivity contribution in [2.75, 3.05) is 53.6 Å². The molecule has 2 amide bonds. The van der Waals surface area contributed by atoms with Crippen molar-refractivity contribution in [2.24, 2.45) is 0 Å². The minimum atomic E-state index is -0.0414. The summed E-state index contributed by atoms with van der Waals surface area (Å²) < 4.78 is 16.2. The molecule has 1 heterocycles. The van der Waals surface area contributed by atoms with E-state index < -0.39 is 0 Å². The van der Waals surface area contributed by atoms with Gasteiger partial charge in [-0.2, -0.15) is 0 Å². The summed E-state index contributed by atoms with van der Waals surface area (Å²) in [7, 11) is 3.32. The van der Waals surface area contributed by atoms with Crippen LogP contribution in [-0.4, -0.2) is 69.4 Å². The Labute approximate surface area is 172 Å². The molecule has 29 heavy (non-hydrogen) atoms. The average molecular weight is 399 g/mol. The summed E-state index contributed by atoms with van der Waals surface area (Å²) >= 11 is 0. The van der Waals surface area contributed by atoms with Gasteiger partial charge in [0.15, 0.2) is 0 Å². The number of rotatable bonds is 8. The molecule has 0 spiro atoms. The highest BCUT2D eigenvalue weighted by molar-refractivity contribution is 5.74. The summed E-state index contributed by atoms with van der Waals surface area (Å²) in [5, 5.41) is 2.93. The largest absolute Gasteiger partial charge is 0.497 e. The second kappa shape index (κ2) is 10.6. The molecule has 1 saturated heterocycles. The van der Waals surface area contributed by atoms with Crippen LogP contribution >= 0.6 is 0 Å². The molecule has 7 heteroatoms. The summed E-state index contributed by atoms with van der Waals surface area (Å²) in [5.41, 5.74) is 1.17. The molecule has 7 nitrogen and oxygen atoms in total. The third-order valence-electron chi connectivity index (χ3n) is 4.95. The molecule has 1 N–H and O–H groups in total. The van der Waals surface area contributed by atoms with E-state index in [1.165, 1.54) is 5.56 Å². The van der Waals surface area contributed by atoms with Crippen molar-refractivity contribution >= 4 is 6.03 Å². The lowest BCUT2D eigenvalue weighted by Crippen LogP contribution is -2.51. The number of nitrogens with one attached hydrogen (secondary N) is 1. The third kappa shape index (κ3) is 6.02. The van der Waals surface area contributed by atoms with Gasteiger partial charge in [-0.1, -0.05) is 18.2 Å². The molecule has 0 aromatic heterocycles.